The van der Waals surface area contributed by atoms with Gasteiger partial charge in [0.25, 0.3) is 5.78 Å². The number of halogens is 2. The van der Waals surface area contributed by atoms with Crippen LogP contribution in [-0.4, -0.2) is 49.4 Å². The number of amides is 1. The van der Waals surface area contributed by atoms with E-state index >= 15 is 0 Å². The molecule has 1 fully saturated rings. The standard InChI is InChI=1S/C20H19ClFN3O2/c1-13-3-2-4-14(11-13)24-9-7-23(8-10-24)12-25-18-16(22)6-5-15(21)17(18)19(26)20(25)27/h2-6,11H,7-10,12H2,1H3. The van der Waals surface area contributed by atoms with Gasteiger partial charge >= 0.3 is 5.91 Å². The molecule has 0 saturated carbocycles. The van der Waals surface area contributed by atoms with Crippen molar-refractivity contribution in [2.75, 3.05) is 42.6 Å². The molecule has 0 N–H and O–H groups in total. The van der Waals surface area contributed by atoms with Crippen LogP contribution in [0.5, 0.6) is 0 Å². The summed E-state index contributed by atoms with van der Waals surface area (Å²) in [6.07, 6.45) is 0. The zero-order valence-corrected chi connectivity index (χ0v) is 15.7. The van der Waals surface area contributed by atoms with Gasteiger partial charge in [-0.25, -0.2) is 4.39 Å². The molecule has 1 amide bonds. The Morgan fingerprint density at radius 3 is 2.52 bits per heavy atom. The quantitative estimate of drug-likeness (QED) is 0.759. The van der Waals surface area contributed by atoms with Crippen LogP contribution in [-0.2, 0) is 4.79 Å². The molecule has 0 aromatic heterocycles. The van der Waals surface area contributed by atoms with Gasteiger partial charge in [0.05, 0.1) is 22.9 Å². The first-order chi connectivity index (χ1) is 13.0. The van der Waals surface area contributed by atoms with E-state index in [9.17, 15) is 14.0 Å². The molecule has 1 saturated heterocycles. The number of Topliss-reactive ketones (excluding diaryl/α,β-unsaturated/α-hetero) is 1. The molecule has 140 valence electrons. The molecule has 0 atom stereocenters. The predicted molar refractivity (Wildman–Crippen MR) is 103 cm³/mol. The van der Waals surface area contributed by atoms with Crippen molar-refractivity contribution in [3.63, 3.8) is 0 Å². The Bertz CT molecular complexity index is 925. The highest BCUT2D eigenvalue weighted by Gasteiger charge is 2.40. The van der Waals surface area contributed by atoms with Crippen molar-refractivity contribution in [3.8, 4) is 0 Å². The Kier molecular flexibility index (Phi) is 4.61. The first-order valence-electron chi connectivity index (χ1n) is 8.84. The first-order valence-corrected chi connectivity index (χ1v) is 9.21. The second kappa shape index (κ2) is 6.94. The highest BCUT2D eigenvalue weighted by atomic mass is 35.5. The Labute approximate surface area is 161 Å². The number of piperazine rings is 1. The Morgan fingerprint density at radius 2 is 1.81 bits per heavy atom. The number of hydrogen-bond donors (Lipinski definition) is 0. The van der Waals surface area contributed by atoms with Gasteiger partial charge in [0, 0.05) is 31.9 Å². The summed E-state index contributed by atoms with van der Waals surface area (Å²) in [7, 11) is 0. The van der Waals surface area contributed by atoms with Crippen LogP contribution < -0.4 is 9.80 Å². The number of aryl methyl sites for hydroxylation is 1. The fourth-order valence-corrected chi connectivity index (χ4v) is 3.90. The molecule has 4 rings (SSSR count). The van der Waals surface area contributed by atoms with Crippen molar-refractivity contribution in [2.24, 2.45) is 0 Å². The molecule has 0 aliphatic carbocycles. The third-order valence-electron chi connectivity index (χ3n) is 5.09. The first kappa shape index (κ1) is 17.9. The van der Waals surface area contributed by atoms with E-state index in [1.807, 2.05) is 11.0 Å². The summed E-state index contributed by atoms with van der Waals surface area (Å²) in [5.74, 6) is -2.07. The lowest BCUT2D eigenvalue weighted by Gasteiger charge is -2.37. The van der Waals surface area contributed by atoms with Crippen LogP contribution in [0.1, 0.15) is 15.9 Å². The lowest BCUT2D eigenvalue weighted by atomic mass is 10.1. The summed E-state index contributed by atoms with van der Waals surface area (Å²) in [4.78, 5) is 30.1. The summed E-state index contributed by atoms with van der Waals surface area (Å²) in [6, 6.07) is 10.8. The minimum absolute atomic E-state index is 0.00128. The lowest BCUT2D eigenvalue weighted by Crippen LogP contribution is -2.51. The number of fused-ring (bicyclic) bond motifs is 1. The van der Waals surface area contributed by atoms with Crippen LogP contribution >= 0.6 is 11.6 Å². The van der Waals surface area contributed by atoms with Crippen LogP contribution in [0, 0.1) is 12.7 Å². The summed E-state index contributed by atoms with van der Waals surface area (Å²) in [6.45, 7) is 5.25. The summed E-state index contributed by atoms with van der Waals surface area (Å²) >= 11 is 6.02. The van der Waals surface area contributed by atoms with Gasteiger partial charge in [-0.3, -0.25) is 19.4 Å². The van der Waals surface area contributed by atoms with E-state index in [1.54, 1.807) is 0 Å². The Balaban J connectivity index is 1.48. The van der Waals surface area contributed by atoms with Crippen LogP contribution in [0.2, 0.25) is 5.02 Å². The maximum atomic E-state index is 14.3. The molecule has 0 bridgehead atoms. The second-order valence-electron chi connectivity index (χ2n) is 6.90. The monoisotopic (exact) mass is 387 g/mol. The van der Waals surface area contributed by atoms with Gasteiger partial charge in [-0.1, -0.05) is 23.7 Å². The second-order valence-corrected chi connectivity index (χ2v) is 7.31. The molecule has 2 aliphatic rings. The maximum absolute atomic E-state index is 14.3. The van der Waals surface area contributed by atoms with E-state index in [2.05, 4.69) is 30.0 Å². The lowest BCUT2D eigenvalue weighted by molar-refractivity contribution is -0.114. The van der Waals surface area contributed by atoms with E-state index in [-0.39, 0.29) is 22.9 Å². The highest BCUT2D eigenvalue weighted by Crippen LogP contribution is 2.36. The molecule has 2 heterocycles. The Morgan fingerprint density at radius 1 is 1.07 bits per heavy atom. The normalized spacial score (nSPS) is 17.6. The van der Waals surface area contributed by atoms with E-state index in [1.165, 1.54) is 28.3 Å². The minimum Gasteiger partial charge on any atom is -0.369 e. The molecule has 2 aromatic rings. The summed E-state index contributed by atoms with van der Waals surface area (Å²) in [5.41, 5.74) is 2.35. The largest absolute Gasteiger partial charge is 0.369 e. The highest BCUT2D eigenvalue weighted by molar-refractivity contribution is 6.55. The van der Waals surface area contributed by atoms with E-state index in [4.69, 9.17) is 11.6 Å². The molecule has 27 heavy (non-hydrogen) atoms. The number of rotatable bonds is 3. The molecule has 2 aromatic carbocycles. The average Bonchev–Trinajstić information content (AvgIpc) is 2.91. The van der Waals surface area contributed by atoms with E-state index in [0.717, 1.165) is 13.1 Å². The summed E-state index contributed by atoms with van der Waals surface area (Å²) < 4.78 is 14.3. The van der Waals surface area contributed by atoms with Crippen molar-refractivity contribution < 1.29 is 14.0 Å². The molecule has 0 unspecified atom stereocenters. The van der Waals surface area contributed by atoms with Crippen LogP contribution in [0.25, 0.3) is 0 Å². The van der Waals surface area contributed by atoms with E-state index < -0.39 is 17.5 Å². The number of ketones is 1. The number of anilines is 2. The number of nitrogens with zero attached hydrogens (tertiary/aromatic N) is 3. The van der Waals surface area contributed by atoms with Crippen LogP contribution in [0.15, 0.2) is 36.4 Å². The average molecular weight is 388 g/mol. The zero-order chi connectivity index (χ0) is 19.1. The topological polar surface area (TPSA) is 43.9 Å². The molecule has 5 nitrogen and oxygen atoms in total. The molecule has 0 radical (unpaired) electrons. The molecular weight excluding hydrogens is 369 g/mol. The van der Waals surface area contributed by atoms with Gasteiger partial charge in [-0.2, -0.15) is 0 Å². The van der Waals surface area contributed by atoms with Crippen molar-refractivity contribution in [1.29, 1.82) is 0 Å². The molecule has 0 spiro atoms. The number of benzene rings is 2. The number of carbonyl (C=O) groups is 2. The number of carbonyl (C=O) groups excluding carboxylic acids is 2. The van der Waals surface area contributed by atoms with Crippen molar-refractivity contribution in [3.05, 3.63) is 58.4 Å². The van der Waals surface area contributed by atoms with Crippen LogP contribution in [0.3, 0.4) is 0 Å². The van der Waals surface area contributed by atoms with Crippen molar-refractivity contribution in [1.82, 2.24) is 4.90 Å². The summed E-state index contributed by atoms with van der Waals surface area (Å²) in [5, 5.41) is 0.108. The smallest absolute Gasteiger partial charge is 0.300 e. The fourth-order valence-electron chi connectivity index (χ4n) is 3.66. The molecular formula is C20H19ClFN3O2. The molecule has 7 heteroatoms. The third kappa shape index (κ3) is 3.19. The van der Waals surface area contributed by atoms with Gasteiger partial charge in [0.15, 0.2) is 0 Å². The Hall–Kier alpha value is -2.44. The molecule has 2 aliphatic heterocycles. The SMILES string of the molecule is Cc1cccc(N2CCN(CN3C(=O)C(=O)c4c(Cl)ccc(F)c43)CC2)c1. The maximum Gasteiger partial charge on any atom is 0.300 e. The third-order valence-corrected chi connectivity index (χ3v) is 5.41. The van der Waals surface area contributed by atoms with Gasteiger partial charge < -0.3 is 4.90 Å². The minimum atomic E-state index is -0.743. The number of hydrogen-bond acceptors (Lipinski definition) is 4. The zero-order valence-electron chi connectivity index (χ0n) is 14.9. The van der Waals surface area contributed by atoms with Gasteiger partial charge in [0.1, 0.15) is 5.82 Å². The van der Waals surface area contributed by atoms with Gasteiger partial charge in [0.2, 0.25) is 0 Å². The van der Waals surface area contributed by atoms with Crippen LogP contribution in [0.4, 0.5) is 15.8 Å². The predicted octanol–water partition coefficient (Wildman–Crippen LogP) is 3.10. The van der Waals surface area contributed by atoms with E-state index in [0.29, 0.717) is 13.1 Å². The van der Waals surface area contributed by atoms with Gasteiger partial charge in [-0.05, 0) is 36.8 Å². The van der Waals surface area contributed by atoms with Crippen molar-refractivity contribution >= 4 is 34.7 Å². The fraction of sp³-hybridized carbons (Fsp3) is 0.300. The van der Waals surface area contributed by atoms with Crippen molar-refractivity contribution in [2.45, 2.75) is 6.92 Å². The van der Waals surface area contributed by atoms with Gasteiger partial charge in [-0.15, -0.1) is 0 Å².